The van der Waals surface area contributed by atoms with Gasteiger partial charge in [0, 0.05) is 18.2 Å². The molecule has 0 aliphatic carbocycles. The first-order chi connectivity index (χ1) is 7.19. The number of amides is 1. The number of carbonyl (C=O) groups is 1. The maximum absolute atomic E-state index is 11.2. The van der Waals surface area contributed by atoms with Crippen LogP contribution < -0.4 is 5.32 Å². The number of aliphatic hydroxyl groups excluding tert-OH is 1. The third-order valence-corrected chi connectivity index (χ3v) is 2.07. The summed E-state index contributed by atoms with van der Waals surface area (Å²) in [6, 6.07) is 4.82. The van der Waals surface area contributed by atoms with Gasteiger partial charge < -0.3 is 10.4 Å². The first-order valence-corrected chi connectivity index (χ1v) is 4.68. The highest BCUT2D eigenvalue weighted by Crippen LogP contribution is 2.16. The second-order valence-corrected chi connectivity index (χ2v) is 3.14. The number of halogens is 1. The van der Waals surface area contributed by atoms with Gasteiger partial charge in [0.15, 0.2) is 0 Å². The maximum atomic E-state index is 11.2. The predicted octanol–water partition coefficient (Wildman–Crippen LogP) is 1.04. The summed E-state index contributed by atoms with van der Waals surface area (Å²) >= 11 is 5.90. The molecule has 1 aromatic rings. The van der Waals surface area contributed by atoms with Crippen LogP contribution in [-0.2, 0) is 0 Å². The van der Waals surface area contributed by atoms with Crippen molar-refractivity contribution in [3.05, 3.63) is 34.3 Å². The topological polar surface area (TPSA) is 49.3 Å². The summed E-state index contributed by atoms with van der Waals surface area (Å²) in [5.74, 6) is 4.98. The van der Waals surface area contributed by atoms with Gasteiger partial charge in [-0.2, -0.15) is 0 Å². The fraction of sp³-hybridized carbons (Fsp3) is 0.182. The van der Waals surface area contributed by atoms with Crippen molar-refractivity contribution in [2.45, 2.75) is 0 Å². The Kier molecular flexibility index (Phi) is 4.17. The fourth-order valence-electron chi connectivity index (χ4n) is 1.04. The highest BCUT2D eigenvalue weighted by molar-refractivity contribution is 6.32. The maximum Gasteiger partial charge on any atom is 0.251 e. The monoisotopic (exact) mass is 223 g/mol. The lowest BCUT2D eigenvalue weighted by Crippen LogP contribution is -2.17. The molecule has 1 amide bonds. The Morgan fingerprint density at radius 2 is 2.33 bits per heavy atom. The zero-order chi connectivity index (χ0) is 11.3. The van der Waals surface area contributed by atoms with Crippen LogP contribution in [0.5, 0.6) is 0 Å². The second kappa shape index (κ2) is 5.40. The Balaban J connectivity index is 3.03. The van der Waals surface area contributed by atoms with Crippen LogP contribution >= 0.6 is 11.6 Å². The molecule has 15 heavy (non-hydrogen) atoms. The van der Waals surface area contributed by atoms with Crippen molar-refractivity contribution in [2.24, 2.45) is 0 Å². The van der Waals surface area contributed by atoms with Crippen molar-refractivity contribution in [1.82, 2.24) is 5.32 Å². The van der Waals surface area contributed by atoms with Gasteiger partial charge in [0.25, 0.3) is 5.91 Å². The van der Waals surface area contributed by atoms with E-state index in [1.165, 1.54) is 0 Å². The van der Waals surface area contributed by atoms with Crippen LogP contribution in [0.4, 0.5) is 0 Å². The van der Waals surface area contributed by atoms with Crippen molar-refractivity contribution in [3.8, 4) is 11.8 Å². The molecule has 0 aliphatic heterocycles. The van der Waals surface area contributed by atoms with Gasteiger partial charge in [0.05, 0.1) is 5.02 Å². The molecule has 1 rings (SSSR count). The summed E-state index contributed by atoms with van der Waals surface area (Å²) in [7, 11) is 1.55. The van der Waals surface area contributed by atoms with E-state index in [0.29, 0.717) is 16.1 Å². The molecule has 0 bridgehead atoms. The lowest BCUT2D eigenvalue weighted by Gasteiger charge is -2.01. The molecule has 1 aromatic carbocycles. The predicted molar refractivity (Wildman–Crippen MR) is 58.8 cm³/mol. The summed E-state index contributed by atoms with van der Waals surface area (Å²) < 4.78 is 0. The molecule has 78 valence electrons. The number of benzene rings is 1. The van der Waals surface area contributed by atoms with E-state index in [1.807, 2.05) is 0 Å². The minimum absolute atomic E-state index is 0.196. The van der Waals surface area contributed by atoms with Crippen LogP contribution in [0.15, 0.2) is 18.2 Å². The van der Waals surface area contributed by atoms with Gasteiger partial charge in [-0.1, -0.05) is 23.4 Å². The van der Waals surface area contributed by atoms with E-state index >= 15 is 0 Å². The molecule has 0 saturated carbocycles. The van der Waals surface area contributed by atoms with Crippen molar-refractivity contribution in [1.29, 1.82) is 0 Å². The standard InChI is InChI=1S/C11H10ClNO2/c1-13-11(15)9-5-4-8(3-2-6-14)10(12)7-9/h4-5,7,14H,6H2,1H3,(H,13,15). The first-order valence-electron chi connectivity index (χ1n) is 4.30. The molecule has 4 heteroatoms. The normalized spacial score (nSPS) is 9.00. The third kappa shape index (κ3) is 2.98. The van der Waals surface area contributed by atoms with E-state index in [9.17, 15) is 4.79 Å². The Hall–Kier alpha value is -1.50. The van der Waals surface area contributed by atoms with Gasteiger partial charge in [0.1, 0.15) is 6.61 Å². The Morgan fingerprint density at radius 3 is 2.87 bits per heavy atom. The molecule has 2 N–H and O–H groups in total. The van der Waals surface area contributed by atoms with Crippen LogP contribution in [-0.4, -0.2) is 24.7 Å². The Labute approximate surface area is 93.1 Å². The summed E-state index contributed by atoms with van der Waals surface area (Å²) in [4.78, 5) is 11.2. The Morgan fingerprint density at radius 1 is 1.60 bits per heavy atom. The molecule has 0 spiro atoms. The van der Waals surface area contributed by atoms with Crippen molar-refractivity contribution < 1.29 is 9.90 Å². The molecule has 3 nitrogen and oxygen atoms in total. The molecule has 0 atom stereocenters. The highest BCUT2D eigenvalue weighted by atomic mass is 35.5. The minimum Gasteiger partial charge on any atom is -0.384 e. The average Bonchev–Trinajstić information content (AvgIpc) is 2.26. The summed E-state index contributed by atoms with van der Waals surface area (Å²) in [5, 5.41) is 11.4. The van der Waals surface area contributed by atoms with E-state index in [1.54, 1.807) is 25.2 Å². The molecule has 0 aliphatic rings. The zero-order valence-electron chi connectivity index (χ0n) is 8.17. The van der Waals surface area contributed by atoms with Gasteiger partial charge >= 0.3 is 0 Å². The summed E-state index contributed by atoms with van der Waals surface area (Å²) in [6.45, 7) is -0.215. The van der Waals surface area contributed by atoms with Crippen molar-refractivity contribution in [3.63, 3.8) is 0 Å². The Bertz CT molecular complexity index is 432. The molecule has 0 unspecified atom stereocenters. The van der Waals surface area contributed by atoms with E-state index in [-0.39, 0.29) is 12.5 Å². The van der Waals surface area contributed by atoms with E-state index in [2.05, 4.69) is 17.2 Å². The van der Waals surface area contributed by atoms with Gasteiger partial charge in [-0.15, -0.1) is 0 Å². The first kappa shape index (κ1) is 11.6. The van der Waals surface area contributed by atoms with Crippen LogP contribution in [0.3, 0.4) is 0 Å². The molecular formula is C11H10ClNO2. The van der Waals surface area contributed by atoms with E-state index < -0.39 is 0 Å². The highest BCUT2D eigenvalue weighted by Gasteiger charge is 2.05. The second-order valence-electron chi connectivity index (χ2n) is 2.73. The van der Waals surface area contributed by atoms with Crippen molar-refractivity contribution >= 4 is 17.5 Å². The van der Waals surface area contributed by atoms with Gasteiger partial charge in [0.2, 0.25) is 0 Å². The largest absolute Gasteiger partial charge is 0.384 e. The SMILES string of the molecule is CNC(=O)c1ccc(C#CCO)c(Cl)c1. The number of hydrogen-bond donors (Lipinski definition) is 2. The lowest BCUT2D eigenvalue weighted by atomic mass is 10.1. The lowest BCUT2D eigenvalue weighted by molar-refractivity contribution is 0.0963. The third-order valence-electron chi connectivity index (χ3n) is 1.76. The van der Waals surface area contributed by atoms with Crippen LogP contribution in [0.2, 0.25) is 5.02 Å². The number of carbonyl (C=O) groups excluding carboxylic acids is 1. The van der Waals surface area contributed by atoms with Crippen LogP contribution in [0.25, 0.3) is 0 Å². The average molecular weight is 224 g/mol. The quantitative estimate of drug-likeness (QED) is 0.699. The summed E-state index contributed by atoms with van der Waals surface area (Å²) in [5.41, 5.74) is 1.08. The van der Waals surface area contributed by atoms with Crippen LogP contribution in [0.1, 0.15) is 15.9 Å². The molecule has 0 radical (unpaired) electrons. The van der Waals surface area contributed by atoms with Gasteiger partial charge in [-0.25, -0.2) is 0 Å². The molecule has 0 aromatic heterocycles. The van der Waals surface area contributed by atoms with E-state index in [4.69, 9.17) is 16.7 Å². The van der Waals surface area contributed by atoms with E-state index in [0.717, 1.165) is 0 Å². The van der Waals surface area contributed by atoms with Gasteiger partial charge in [-0.05, 0) is 18.2 Å². The number of hydrogen-bond acceptors (Lipinski definition) is 2. The van der Waals surface area contributed by atoms with Crippen LogP contribution in [0, 0.1) is 11.8 Å². The number of rotatable bonds is 1. The molecular weight excluding hydrogens is 214 g/mol. The zero-order valence-corrected chi connectivity index (χ0v) is 8.93. The smallest absolute Gasteiger partial charge is 0.251 e. The number of nitrogens with one attached hydrogen (secondary N) is 1. The van der Waals surface area contributed by atoms with Gasteiger partial charge in [-0.3, -0.25) is 4.79 Å². The minimum atomic E-state index is -0.215. The molecule has 0 fully saturated rings. The van der Waals surface area contributed by atoms with Crippen molar-refractivity contribution in [2.75, 3.05) is 13.7 Å². The molecule has 0 saturated heterocycles. The number of aliphatic hydroxyl groups is 1. The molecule has 0 heterocycles. The fourth-order valence-corrected chi connectivity index (χ4v) is 1.26. The summed E-state index contributed by atoms with van der Waals surface area (Å²) in [6.07, 6.45) is 0.